The highest BCUT2D eigenvalue weighted by atomic mass is 16.7. The number of aromatic nitrogens is 4. The van der Waals surface area contributed by atoms with Gasteiger partial charge in [-0.25, -0.2) is 9.59 Å². The van der Waals surface area contributed by atoms with Crippen molar-refractivity contribution in [2.75, 3.05) is 19.2 Å². The molecule has 0 spiro atoms. The molecule has 2 aliphatic heterocycles. The molecule has 0 saturated carbocycles. The monoisotopic (exact) mass is 614 g/mol. The van der Waals surface area contributed by atoms with Gasteiger partial charge in [0.1, 0.15) is 18.0 Å². The number of anilines is 1. The van der Waals surface area contributed by atoms with E-state index in [4.69, 9.17) is 24.0 Å². The molecule has 2 aromatic heterocycles. The normalized spacial score (nSPS) is 19.4. The first-order valence-corrected chi connectivity index (χ1v) is 15.2. The Morgan fingerprint density at radius 3 is 2.38 bits per heavy atom. The van der Waals surface area contributed by atoms with E-state index in [2.05, 4.69) is 15.5 Å². The molecule has 2 saturated heterocycles. The van der Waals surface area contributed by atoms with Crippen molar-refractivity contribution in [2.24, 2.45) is 0 Å². The number of hydrogen-bond donors (Lipinski definition) is 1. The number of nitrogens with one attached hydrogen (secondary N) is 1. The lowest BCUT2D eigenvalue weighted by molar-refractivity contribution is 0.0515. The van der Waals surface area contributed by atoms with Crippen molar-refractivity contribution in [2.45, 2.75) is 76.8 Å². The van der Waals surface area contributed by atoms with Gasteiger partial charge >= 0.3 is 12.2 Å². The number of fused-ring (bicyclic) bond motifs is 3. The molecule has 1 N–H and O–H groups in total. The summed E-state index contributed by atoms with van der Waals surface area (Å²) in [5.74, 6) is 0.866. The van der Waals surface area contributed by atoms with Crippen molar-refractivity contribution in [3.63, 3.8) is 0 Å². The van der Waals surface area contributed by atoms with Gasteiger partial charge in [-0.05, 0) is 70.2 Å². The van der Waals surface area contributed by atoms with Crippen LogP contribution in [0.15, 0.2) is 60.7 Å². The van der Waals surface area contributed by atoms with E-state index in [0.717, 1.165) is 24.0 Å². The average Bonchev–Trinajstić information content (AvgIpc) is 3.51. The summed E-state index contributed by atoms with van der Waals surface area (Å²) in [5, 5.41) is 16.6. The van der Waals surface area contributed by atoms with Crippen LogP contribution in [0.3, 0.4) is 0 Å². The smallest absolute Gasteiger partial charge is 0.413 e. The van der Waals surface area contributed by atoms with Gasteiger partial charge in [-0.1, -0.05) is 42.5 Å². The van der Waals surface area contributed by atoms with E-state index < -0.39 is 11.7 Å². The van der Waals surface area contributed by atoms with Gasteiger partial charge in [0, 0.05) is 24.8 Å². The van der Waals surface area contributed by atoms with Gasteiger partial charge in [0.2, 0.25) is 0 Å². The topological polar surface area (TPSA) is 130 Å². The zero-order valence-corrected chi connectivity index (χ0v) is 25.9. The summed E-state index contributed by atoms with van der Waals surface area (Å²) in [6.45, 7) is 5.72. The average molecular weight is 615 g/mol. The second-order valence-electron chi connectivity index (χ2n) is 12.4. The molecule has 2 aromatic carbocycles. The molecule has 12 nitrogen and oxygen atoms in total. The van der Waals surface area contributed by atoms with Gasteiger partial charge < -0.3 is 23.8 Å². The second-order valence-corrected chi connectivity index (χ2v) is 12.4. The first-order chi connectivity index (χ1) is 21.7. The molecular weight excluding hydrogens is 576 g/mol. The zero-order chi connectivity index (χ0) is 31.6. The Balaban J connectivity index is 1.30. The van der Waals surface area contributed by atoms with Gasteiger partial charge in [0.15, 0.2) is 18.1 Å². The Morgan fingerprint density at radius 1 is 0.956 bits per heavy atom. The molecule has 12 heteroatoms. The van der Waals surface area contributed by atoms with E-state index in [0.29, 0.717) is 35.3 Å². The molecule has 0 aliphatic carbocycles. The van der Waals surface area contributed by atoms with Gasteiger partial charge in [-0.3, -0.25) is 10.00 Å². The lowest BCUT2D eigenvalue weighted by Gasteiger charge is -2.38. The number of nitrogens with zero attached hydrogens (tertiary/aromatic N) is 5. The molecule has 2 aliphatic rings. The number of carbonyl (C=O) groups is 2. The van der Waals surface area contributed by atoms with Crippen LogP contribution in [0.25, 0.3) is 22.3 Å². The standard InChI is InChI=1S/C33H38N6O6/c1-33(2,3)45-31(40)34-30-29-27(18-26(35-36-29)25-12-8-9-13-28(25)44-20-42-4)39(37-30)24-16-22-14-15-23(17-24)38(22)32(41)43-19-21-10-6-5-7-11-21/h5-13,18,22-24H,14-17,19-20H2,1-4H3,(H,34,37,40). The van der Waals surface area contributed by atoms with Crippen molar-refractivity contribution in [1.29, 1.82) is 0 Å². The highest BCUT2D eigenvalue weighted by Crippen LogP contribution is 2.43. The van der Waals surface area contributed by atoms with Crippen LogP contribution in [0.1, 0.15) is 58.1 Å². The maximum Gasteiger partial charge on any atom is 0.413 e. The minimum Gasteiger partial charge on any atom is -0.467 e. The molecular formula is C33H38N6O6. The Hall–Kier alpha value is -4.71. The lowest BCUT2D eigenvalue weighted by atomic mass is 9.97. The molecule has 2 fully saturated rings. The van der Waals surface area contributed by atoms with Crippen LogP contribution in [0, 0.1) is 0 Å². The van der Waals surface area contributed by atoms with Gasteiger partial charge in [0.25, 0.3) is 0 Å². The summed E-state index contributed by atoms with van der Waals surface area (Å²) >= 11 is 0. The number of amides is 2. The quantitative estimate of drug-likeness (QED) is 0.226. The number of hydrogen-bond acceptors (Lipinski definition) is 9. The van der Waals surface area contributed by atoms with Crippen LogP contribution < -0.4 is 10.1 Å². The molecule has 6 rings (SSSR count). The third kappa shape index (κ3) is 6.70. The van der Waals surface area contributed by atoms with E-state index in [-0.39, 0.29) is 43.4 Å². The third-order valence-corrected chi connectivity index (χ3v) is 8.04. The summed E-state index contributed by atoms with van der Waals surface area (Å²) in [6.07, 6.45) is 2.23. The van der Waals surface area contributed by atoms with E-state index in [9.17, 15) is 9.59 Å². The summed E-state index contributed by atoms with van der Waals surface area (Å²) < 4.78 is 24.0. The predicted molar refractivity (Wildman–Crippen MR) is 167 cm³/mol. The summed E-state index contributed by atoms with van der Waals surface area (Å²) in [5.41, 5.74) is 2.74. The van der Waals surface area contributed by atoms with E-state index in [1.807, 2.05) is 70.2 Å². The van der Waals surface area contributed by atoms with Crippen LogP contribution in [-0.2, 0) is 20.8 Å². The van der Waals surface area contributed by atoms with Gasteiger partial charge in [-0.15, -0.1) is 10.2 Å². The number of benzene rings is 2. The molecule has 2 amide bonds. The fourth-order valence-corrected chi connectivity index (χ4v) is 6.20. The van der Waals surface area contributed by atoms with E-state index in [1.54, 1.807) is 27.9 Å². The number of methoxy groups -OCH3 is 1. The maximum absolute atomic E-state index is 13.2. The Kier molecular flexibility index (Phi) is 8.57. The maximum atomic E-state index is 13.2. The summed E-state index contributed by atoms with van der Waals surface area (Å²) in [6, 6.07) is 19.1. The highest BCUT2D eigenvalue weighted by Gasteiger charge is 2.45. The SMILES string of the molecule is COCOc1ccccc1-c1cc2c(nn1)c(NC(=O)OC(C)(C)C)nn2C1CC2CCC(C1)N2C(=O)OCc1ccccc1. The van der Waals surface area contributed by atoms with E-state index >= 15 is 0 Å². The number of piperidine rings is 1. The van der Waals surface area contributed by atoms with Gasteiger partial charge in [-0.2, -0.15) is 5.10 Å². The number of ether oxygens (including phenoxy) is 4. The highest BCUT2D eigenvalue weighted by molar-refractivity contribution is 5.96. The fraction of sp³-hybridized carbons (Fsp3) is 0.424. The fourth-order valence-electron chi connectivity index (χ4n) is 6.20. The number of rotatable bonds is 8. The molecule has 236 valence electrons. The Morgan fingerprint density at radius 2 is 1.67 bits per heavy atom. The van der Waals surface area contributed by atoms with Gasteiger partial charge in [0.05, 0.1) is 17.3 Å². The van der Waals surface area contributed by atoms with Crippen LogP contribution >= 0.6 is 0 Å². The van der Waals surface area contributed by atoms with Crippen LogP contribution in [0.5, 0.6) is 5.75 Å². The zero-order valence-electron chi connectivity index (χ0n) is 25.9. The predicted octanol–water partition coefficient (Wildman–Crippen LogP) is 6.33. The molecule has 4 heterocycles. The first-order valence-electron chi connectivity index (χ1n) is 15.2. The Bertz CT molecular complexity index is 1660. The second kappa shape index (κ2) is 12.7. The minimum atomic E-state index is -0.686. The number of para-hydroxylation sites is 1. The third-order valence-electron chi connectivity index (χ3n) is 8.04. The van der Waals surface area contributed by atoms with Crippen molar-refractivity contribution in [3.05, 3.63) is 66.2 Å². The van der Waals surface area contributed by atoms with Crippen LogP contribution in [-0.4, -0.2) is 68.7 Å². The van der Waals surface area contributed by atoms with Crippen LogP contribution in [0.4, 0.5) is 15.4 Å². The minimum absolute atomic E-state index is 0.0102. The van der Waals surface area contributed by atoms with Crippen molar-refractivity contribution in [1.82, 2.24) is 24.9 Å². The Labute approximate surface area is 261 Å². The van der Waals surface area contributed by atoms with Crippen molar-refractivity contribution >= 4 is 29.0 Å². The molecule has 45 heavy (non-hydrogen) atoms. The summed E-state index contributed by atoms with van der Waals surface area (Å²) in [4.78, 5) is 27.9. The summed E-state index contributed by atoms with van der Waals surface area (Å²) in [7, 11) is 1.56. The largest absolute Gasteiger partial charge is 0.467 e. The number of carbonyl (C=O) groups excluding carboxylic acids is 2. The molecule has 2 atom stereocenters. The molecule has 2 bridgehead atoms. The molecule has 0 radical (unpaired) electrons. The molecule has 4 aromatic rings. The van der Waals surface area contributed by atoms with Crippen LogP contribution in [0.2, 0.25) is 0 Å². The van der Waals surface area contributed by atoms with Crippen molar-refractivity contribution < 1.29 is 28.5 Å². The first kappa shape index (κ1) is 30.3. The van der Waals surface area contributed by atoms with E-state index in [1.165, 1.54) is 0 Å². The molecule has 2 unspecified atom stereocenters. The lowest BCUT2D eigenvalue weighted by Crippen LogP contribution is -2.47. The van der Waals surface area contributed by atoms with Crippen molar-refractivity contribution in [3.8, 4) is 17.0 Å².